The lowest BCUT2D eigenvalue weighted by atomic mass is 10.3. The van der Waals surface area contributed by atoms with Crippen LogP contribution in [0.1, 0.15) is 19.8 Å². The predicted octanol–water partition coefficient (Wildman–Crippen LogP) is 3.09. The van der Waals surface area contributed by atoms with Crippen LogP contribution in [-0.4, -0.2) is 12.6 Å². The van der Waals surface area contributed by atoms with E-state index in [9.17, 15) is 17.3 Å². The SMILES string of the molecule is CCCC=S.F[B-](F)(F)F. The fourth-order valence-corrected chi connectivity index (χ4v) is 0.354. The summed E-state index contributed by atoms with van der Waals surface area (Å²) in [5.74, 6) is 0. The molecule has 0 aromatic rings. The fourth-order valence-electron chi connectivity index (χ4n) is 0.118. The van der Waals surface area contributed by atoms with E-state index in [1.54, 1.807) is 5.37 Å². The summed E-state index contributed by atoms with van der Waals surface area (Å²) >= 11 is 4.53. The van der Waals surface area contributed by atoms with Gasteiger partial charge < -0.3 is 17.3 Å². The third-order valence-electron chi connectivity index (χ3n) is 0.407. The van der Waals surface area contributed by atoms with Crippen molar-refractivity contribution < 1.29 is 17.3 Å². The van der Waals surface area contributed by atoms with Crippen molar-refractivity contribution in [3.8, 4) is 0 Å². The molecule has 0 spiro atoms. The Bertz CT molecular complexity index is 75.8. The minimum atomic E-state index is -6.00. The first kappa shape index (κ1) is 12.5. The molecular formula is C4H8BF4S-. The van der Waals surface area contributed by atoms with Gasteiger partial charge in [0.25, 0.3) is 0 Å². The first-order valence-electron chi connectivity index (χ1n) is 2.72. The molecule has 0 heterocycles. The van der Waals surface area contributed by atoms with Crippen molar-refractivity contribution in [3.05, 3.63) is 0 Å². The summed E-state index contributed by atoms with van der Waals surface area (Å²) in [7, 11) is -6.00. The number of unbranched alkanes of at least 4 members (excludes halogenated alkanes) is 1. The molecule has 6 heteroatoms. The second-order valence-corrected chi connectivity index (χ2v) is 1.78. The highest BCUT2D eigenvalue weighted by atomic mass is 32.1. The number of halogens is 4. The zero-order chi connectivity index (χ0) is 8.62. The minimum absolute atomic E-state index is 1.08. The van der Waals surface area contributed by atoms with Crippen LogP contribution >= 0.6 is 12.2 Å². The summed E-state index contributed by atoms with van der Waals surface area (Å²) in [4.78, 5) is 0. The Morgan fingerprint density at radius 3 is 1.60 bits per heavy atom. The van der Waals surface area contributed by atoms with E-state index in [0.717, 1.165) is 6.42 Å². The molecule has 0 amide bonds. The molecule has 0 saturated carbocycles. The van der Waals surface area contributed by atoms with Gasteiger partial charge in [-0.1, -0.05) is 25.6 Å². The van der Waals surface area contributed by atoms with Crippen LogP contribution in [0.5, 0.6) is 0 Å². The zero-order valence-electron chi connectivity index (χ0n) is 5.49. The van der Waals surface area contributed by atoms with Crippen LogP contribution in [0.3, 0.4) is 0 Å². The molecule has 62 valence electrons. The van der Waals surface area contributed by atoms with Gasteiger partial charge in [-0.2, -0.15) is 0 Å². The summed E-state index contributed by atoms with van der Waals surface area (Å²) in [6, 6.07) is 0. The summed E-state index contributed by atoms with van der Waals surface area (Å²) in [6.45, 7) is 2.11. The van der Waals surface area contributed by atoms with Gasteiger partial charge in [-0.15, -0.1) is 0 Å². The van der Waals surface area contributed by atoms with Gasteiger partial charge in [0.05, 0.1) is 0 Å². The molecule has 0 aliphatic rings. The third kappa shape index (κ3) is 106. The summed E-state index contributed by atoms with van der Waals surface area (Å²) in [5.41, 5.74) is 0. The summed E-state index contributed by atoms with van der Waals surface area (Å²) in [6.07, 6.45) is 2.26. The van der Waals surface area contributed by atoms with Crippen molar-refractivity contribution >= 4 is 24.8 Å². The highest BCUT2D eigenvalue weighted by molar-refractivity contribution is 7.78. The Morgan fingerprint density at radius 1 is 1.30 bits per heavy atom. The molecule has 0 fully saturated rings. The number of hydrogen-bond donors (Lipinski definition) is 0. The van der Waals surface area contributed by atoms with Crippen LogP contribution in [0.4, 0.5) is 17.3 Å². The van der Waals surface area contributed by atoms with E-state index >= 15 is 0 Å². The summed E-state index contributed by atoms with van der Waals surface area (Å²) in [5, 5.41) is 1.76. The van der Waals surface area contributed by atoms with Gasteiger partial charge in [0.2, 0.25) is 0 Å². The lowest BCUT2D eigenvalue weighted by Gasteiger charge is -1.94. The van der Waals surface area contributed by atoms with Crippen LogP contribution in [0, 0.1) is 0 Å². The average molecular weight is 175 g/mol. The fraction of sp³-hybridized carbons (Fsp3) is 0.750. The van der Waals surface area contributed by atoms with Crippen molar-refractivity contribution in [1.29, 1.82) is 0 Å². The maximum atomic E-state index is 9.75. The first-order chi connectivity index (χ1) is 4.41. The Hall–Kier alpha value is -0.125. The van der Waals surface area contributed by atoms with Crippen LogP contribution in [0.15, 0.2) is 0 Å². The normalized spacial score (nSPS) is 9.70. The number of rotatable bonds is 2. The maximum Gasteiger partial charge on any atom is 0.673 e. The molecule has 0 bridgehead atoms. The van der Waals surface area contributed by atoms with Crippen LogP contribution in [-0.2, 0) is 0 Å². The largest absolute Gasteiger partial charge is 0.673 e. The molecule has 0 atom stereocenters. The van der Waals surface area contributed by atoms with Gasteiger partial charge >= 0.3 is 7.25 Å². The highest BCUT2D eigenvalue weighted by Gasteiger charge is 2.20. The average Bonchev–Trinajstić information content (AvgIpc) is 1.63. The van der Waals surface area contributed by atoms with E-state index < -0.39 is 7.25 Å². The molecule has 0 aromatic carbocycles. The molecule has 0 radical (unpaired) electrons. The second kappa shape index (κ2) is 6.99. The van der Waals surface area contributed by atoms with Crippen LogP contribution in [0.2, 0.25) is 0 Å². The molecule has 0 unspecified atom stereocenters. The quantitative estimate of drug-likeness (QED) is 0.353. The predicted molar refractivity (Wildman–Crippen MR) is 38.7 cm³/mol. The van der Waals surface area contributed by atoms with Crippen molar-refractivity contribution in [2.45, 2.75) is 19.8 Å². The maximum absolute atomic E-state index is 9.75. The van der Waals surface area contributed by atoms with E-state index in [2.05, 4.69) is 19.1 Å². The van der Waals surface area contributed by atoms with Gasteiger partial charge in [-0.25, -0.2) is 0 Å². The Balaban J connectivity index is 0. The first-order valence-corrected chi connectivity index (χ1v) is 3.20. The molecule has 0 aliphatic heterocycles. The number of thiocarbonyl (C=S) groups is 1. The van der Waals surface area contributed by atoms with Gasteiger partial charge in [-0.3, -0.25) is 0 Å². The van der Waals surface area contributed by atoms with E-state index in [1.165, 1.54) is 6.42 Å². The topological polar surface area (TPSA) is 0 Å². The lowest BCUT2D eigenvalue weighted by molar-refractivity contribution is 0.368. The van der Waals surface area contributed by atoms with Crippen LogP contribution < -0.4 is 0 Å². The Morgan fingerprint density at radius 2 is 1.60 bits per heavy atom. The standard InChI is InChI=1S/C4H8S.BF4/c1-2-3-4-5;2-1(3,4)5/h4H,2-3H2,1H3;/q;-1. The molecular weight excluding hydrogens is 167 g/mol. The third-order valence-corrected chi connectivity index (χ3v) is 0.642. The van der Waals surface area contributed by atoms with E-state index in [-0.39, 0.29) is 0 Å². The van der Waals surface area contributed by atoms with Crippen molar-refractivity contribution in [3.63, 3.8) is 0 Å². The smallest absolute Gasteiger partial charge is 0.418 e. The second-order valence-electron chi connectivity index (χ2n) is 1.45. The van der Waals surface area contributed by atoms with Crippen molar-refractivity contribution in [2.75, 3.05) is 0 Å². The van der Waals surface area contributed by atoms with Gasteiger partial charge in [-0.05, 0) is 11.8 Å². The van der Waals surface area contributed by atoms with E-state index in [1.807, 2.05) is 0 Å². The lowest BCUT2D eigenvalue weighted by Crippen LogP contribution is -2.02. The summed E-state index contributed by atoms with van der Waals surface area (Å²) < 4.78 is 39.0. The molecule has 0 nitrogen and oxygen atoms in total. The van der Waals surface area contributed by atoms with Gasteiger partial charge in [0, 0.05) is 0 Å². The van der Waals surface area contributed by atoms with Crippen LogP contribution in [0.25, 0.3) is 0 Å². The van der Waals surface area contributed by atoms with Crippen molar-refractivity contribution in [2.24, 2.45) is 0 Å². The Kier molecular flexibility index (Phi) is 8.76. The minimum Gasteiger partial charge on any atom is -0.418 e. The molecule has 10 heavy (non-hydrogen) atoms. The number of hydrogen-bond acceptors (Lipinski definition) is 1. The highest BCUT2D eigenvalue weighted by Crippen LogP contribution is 2.06. The van der Waals surface area contributed by atoms with Gasteiger partial charge in [0.15, 0.2) is 0 Å². The van der Waals surface area contributed by atoms with Crippen molar-refractivity contribution in [1.82, 2.24) is 0 Å². The molecule has 0 rings (SSSR count). The molecule has 0 saturated heterocycles. The molecule has 0 N–H and O–H groups in total. The molecule has 0 aliphatic carbocycles. The van der Waals surface area contributed by atoms with Gasteiger partial charge in [0.1, 0.15) is 0 Å². The molecule has 0 aromatic heterocycles. The van der Waals surface area contributed by atoms with E-state index in [4.69, 9.17) is 0 Å². The van der Waals surface area contributed by atoms with E-state index in [0.29, 0.717) is 0 Å². The monoisotopic (exact) mass is 175 g/mol. The Labute approximate surface area is 62.7 Å². The zero-order valence-corrected chi connectivity index (χ0v) is 6.31.